The number of hydrogen-bond donors (Lipinski definition) is 7. The second-order valence-corrected chi connectivity index (χ2v) is 10.7. The van der Waals surface area contributed by atoms with Crippen LogP contribution in [0.15, 0.2) is 24.3 Å². The number of nitrogens with zero attached hydrogens (tertiary/aromatic N) is 1. The lowest BCUT2D eigenvalue weighted by molar-refractivity contribution is -0.384. The van der Waals surface area contributed by atoms with Crippen molar-refractivity contribution in [2.24, 2.45) is 17.6 Å². The maximum absolute atomic E-state index is 13.3. The number of amides is 6. The Morgan fingerprint density at radius 3 is 1.73 bits per heavy atom. The normalized spacial score (nSPS) is 13.5. The van der Waals surface area contributed by atoms with Gasteiger partial charge in [0, 0.05) is 31.2 Å². The molecule has 6 amide bonds. The maximum atomic E-state index is 13.3. The fourth-order valence-corrected chi connectivity index (χ4v) is 3.90. The van der Waals surface area contributed by atoms with Crippen LogP contribution < -0.4 is 32.3 Å². The molecule has 17 heteroatoms. The zero-order valence-electron chi connectivity index (χ0n) is 25.0. The van der Waals surface area contributed by atoms with Gasteiger partial charge in [0.1, 0.15) is 24.2 Å². The highest BCUT2D eigenvalue weighted by Crippen LogP contribution is 2.16. The largest absolute Gasteiger partial charge is 0.481 e. The molecule has 0 saturated heterocycles. The van der Waals surface area contributed by atoms with Gasteiger partial charge >= 0.3 is 5.97 Å². The summed E-state index contributed by atoms with van der Waals surface area (Å²) in [6, 6.07) is -0.592. The molecule has 0 aliphatic heterocycles. The van der Waals surface area contributed by atoms with Crippen molar-refractivity contribution >= 4 is 52.8 Å². The van der Waals surface area contributed by atoms with Crippen LogP contribution in [-0.4, -0.2) is 75.6 Å². The first-order chi connectivity index (χ1) is 20.4. The quantitative estimate of drug-likeness (QED) is 0.0869. The molecule has 1 aromatic carbocycles. The summed E-state index contributed by atoms with van der Waals surface area (Å²) in [5.41, 5.74) is 5.08. The molecular weight excluding hydrogens is 582 g/mol. The van der Waals surface area contributed by atoms with Gasteiger partial charge in [0.05, 0.1) is 11.3 Å². The van der Waals surface area contributed by atoms with Crippen molar-refractivity contribution < 1.29 is 43.6 Å². The minimum Gasteiger partial charge on any atom is -0.481 e. The van der Waals surface area contributed by atoms with Gasteiger partial charge in [-0.05, 0) is 30.4 Å². The first-order valence-electron chi connectivity index (χ1n) is 13.7. The van der Waals surface area contributed by atoms with Gasteiger partial charge in [-0.2, -0.15) is 0 Å². The van der Waals surface area contributed by atoms with Gasteiger partial charge in [0.25, 0.3) is 5.69 Å². The van der Waals surface area contributed by atoms with Crippen molar-refractivity contribution in [1.82, 2.24) is 21.3 Å². The topological polar surface area (TPSA) is 269 Å². The Morgan fingerprint density at radius 1 is 0.795 bits per heavy atom. The van der Waals surface area contributed by atoms with Crippen molar-refractivity contribution in [2.45, 2.75) is 78.0 Å². The number of primary amides is 1. The number of nitrogens with two attached hydrogens (primary N) is 1. The van der Waals surface area contributed by atoms with Gasteiger partial charge in [-0.15, -0.1) is 0 Å². The third-order valence-corrected chi connectivity index (χ3v) is 6.22. The van der Waals surface area contributed by atoms with E-state index in [0.717, 1.165) is 12.1 Å². The fraction of sp³-hybridized carbons (Fsp3) is 0.519. The Hall–Kier alpha value is -5.09. The summed E-state index contributed by atoms with van der Waals surface area (Å²) >= 11 is 0. The van der Waals surface area contributed by atoms with E-state index in [2.05, 4.69) is 26.6 Å². The van der Waals surface area contributed by atoms with Crippen LogP contribution in [0, 0.1) is 22.0 Å². The molecule has 1 rings (SSSR count). The molecule has 0 unspecified atom stereocenters. The van der Waals surface area contributed by atoms with E-state index in [1.165, 1.54) is 19.1 Å². The monoisotopic (exact) mass is 621 g/mol. The van der Waals surface area contributed by atoms with E-state index in [-0.39, 0.29) is 30.1 Å². The Labute approximate surface area is 253 Å². The SMILES string of the molecule is CC(=O)N[C@H](C(=O)N[C@@H](CCC(N)=O)C(=O)N[C@H](C(=O)N[C@@H](CC(=O)O)C(=O)Nc1ccc([N+](=O)[O-])cc1)C(C)C)C(C)C. The van der Waals surface area contributed by atoms with Crippen molar-refractivity contribution in [3.63, 3.8) is 0 Å². The highest BCUT2D eigenvalue weighted by Gasteiger charge is 2.34. The highest BCUT2D eigenvalue weighted by molar-refractivity contribution is 6.00. The van der Waals surface area contributed by atoms with Crippen molar-refractivity contribution in [2.75, 3.05) is 5.32 Å². The summed E-state index contributed by atoms with van der Waals surface area (Å²) in [7, 11) is 0. The number of benzene rings is 1. The number of rotatable bonds is 17. The molecule has 0 spiro atoms. The second-order valence-electron chi connectivity index (χ2n) is 10.7. The lowest BCUT2D eigenvalue weighted by Crippen LogP contribution is -2.59. The Bertz CT molecular complexity index is 1250. The molecule has 0 aliphatic carbocycles. The summed E-state index contributed by atoms with van der Waals surface area (Å²) in [4.78, 5) is 97.0. The Kier molecular flexibility index (Phi) is 14.4. The Morgan fingerprint density at radius 2 is 1.30 bits per heavy atom. The molecular formula is C27H39N7O10. The molecule has 0 heterocycles. The van der Waals surface area contributed by atoms with E-state index in [1.54, 1.807) is 27.7 Å². The molecule has 1 aromatic rings. The molecule has 0 saturated carbocycles. The van der Waals surface area contributed by atoms with Gasteiger partial charge in [-0.25, -0.2) is 0 Å². The second kappa shape index (κ2) is 17.1. The molecule has 17 nitrogen and oxygen atoms in total. The molecule has 8 N–H and O–H groups in total. The van der Waals surface area contributed by atoms with E-state index in [0.29, 0.717) is 0 Å². The lowest BCUT2D eigenvalue weighted by atomic mass is 10.00. The number of nitrogens with one attached hydrogen (secondary N) is 5. The van der Waals surface area contributed by atoms with Crippen LogP contribution in [-0.2, 0) is 33.6 Å². The van der Waals surface area contributed by atoms with E-state index in [4.69, 9.17) is 5.73 Å². The molecule has 44 heavy (non-hydrogen) atoms. The van der Waals surface area contributed by atoms with Crippen LogP contribution in [0.1, 0.15) is 53.9 Å². The van der Waals surface area contributed by atoms with E-state index >= 15 is 0 Å². The fourth-order valence-electron chi connectivity index (χ4n) is 3.90. The molecule has 4 atom stereocenters. The summed E-state index contributed by atoms with van der Waals surface area (Å²) in [5, 5.41) is 32.3. The van der Waals surface area contributed by atoms with Crippen LogP contribution in [0.2, 0.25) is 0 Å². The van der Waals surface area contributed by atoms with Gasteiger partial charge in [0.2, 0.25) is 35.4 Å². The number of carbonyl (C=O) groups excluding carboxylic acids is 6. The maximum Gasteiger partial charge on any atom is 0.305 e. The average Bonchev–Trinajstić information content (AvgIpc) is 2.91. The van der Waals surface area contributed by atoms with Crippen molar-refractivity contribution in [3.05, 3.63) is 34.4 Å². The highest BCUT2D eigenvalue weighted by atomic mass is 16.6. The summed E-state index contributed by atoms with van der Waals surface area (Å²) in [6.45, 7) is 7.69. The van der Waals surface area contributed by atoms with Crippen LogP contribution in [0.5, 0.6) is 0 Å². The number of hydrogen-bond acceptors (Lipinski definition) is 9. The minimum atomic E-state index is -1.61. The summed E-state index contributed by atoms with van der Waals surface area (Å²) < 4.78 is 0. The van der Waals surface area contributed by atoms with Crippen LogP contribution in [0.3, 0.4) is 0 Å². The van der Waals surface area contributed by atoms with E-state index < -0.39 is 82.8 Å². The van der Waals surface area contributed by atoms with Crippen molar-refractivity contribution in [3.8, 4) is 0 Å². The number of carboxylic acids is 1. The third kappa shape index (κ3) is 12.4. The average molecular weight is 622 g/mol. The van der Waals surface area contributed by atoms with Crippen LogP contribution in [0.25, 0.3) is 0 Å². The summed E-state index contributed by atoms with van der Waals surface area (Å²) in [5.74, 6) is -7.07. The number of aliphatic carboxylic acids is 1. The van der Waals surface area contributed by atoms with Gasteiger partial charge in [-0.3, -0.25) is 43.7 Å². The summed E-state index contributed by atoms with van der Waals surface area (Å²) in [6.07, 6.45) is -1.36. The van der Waals surface area contributed by atoms with Crippen molar-refractivity contribution in [1.29, 1.82) is 0 Å². The predicted molar refractivity (Wildman–Crippen MR) is 155 cm³/mol. The number of nitro benzene ring substituents is 1. The first kappa shape index (κ1) is 36.9. The zero-order chi connectivity index (χ0) is 33.7. The van der Waals surface area contributed by atoms with Gasteiger partial charge < -0.3 is 37.4 Å². The number of nitro groups is 1. The van der Waals surface area contributed by atoms with Crippen LogP contribution >= 0.6 is 0 Å². The third-order valence-electron chi connectivity index (χ3n) is 6.22. The number of carboxylic acid groups (broad SMARTS) is 1. The van der Waals surface area contributed by atoms with Crippen LogP contribution in [0.4, 0.5) is 11.4 Å². The molecule has 0 aliphatic rings. The Balaban J connectivity index is 3.15. The lowest BCUT2D eigenvalue weighted by Gasteiger charge is -2.28. The standard InChI is InChI=1S/C27H39N7O10/c1-13(2)22(29-15(5)35)26(41)31-18(10-11-20(28)36)24(39)33-23(14(3)4)27(42)32-19(12-21(37)38)25(40)30-16-6-8-17(9-7-16)34(43)44/h6-9,13-14,18-19,22-23H,10-12H2,1-5H3,(H2,28,36)(H,29,35)(H,30,40)(H,31,41)(H,32,42)(H,33,39)(H,37,38)/t18-,19-,22-,23-/m0/s1. The number of carbonyl (C=O) groups is 7. The van der Waals surface area contributed by atoms with Gasteiger partial charge in [0.15, 0.2) is 0 Å². The molecule has 242 valence electrons. The molecule has 0 bridgehead atoms. The molecule has 0 radical (unpaired) electrons. The number of anilines is 1. The smallest absolute Gasteiger partial charge is 0.305 e. The van der Waals surface area contributed by atoms with Gasteiger partial charge in [-0.1, -0.05) is 27.7 Å². The number of non-ortho nitro benzene ring substituents is 1. The molecule has 0 aromatic heterocycles. The zero-order valence-corrected chi connectivity index (χ0v) is 25.0. The molecule has 0 fully saturated rings. The predicted octanol–water partition coefficient (Wildman–Crippen LogP) is -0.455. The van der Waals surface area contributed by atoms with E-state index in [1.807, 2.05) is 0 Å². The first-order valence-corrected chi connectivity index (χ1v) is 13.7. The minimum absolute atomic E-state index is 0.103. The van der Waals surface area contributed by atoms with E-state index in [9.17, 15) is 48.8 Å².